The molecule has 2 heteroatoms. The van der Waals surface area contributed by atoms with Gasteiger partial charge in [-0.2, -0.15) is 0 Å². The average Bonchev–Trinajstić information content (AvgIpc) is 3.13. The number of ether oxygens (including phenoxy) is 1. The molecule has 2 aliphatic carbocycles. The van der Waals surface area contributed by atoms with Gasteiger partial charge in [0.2, 0.25) is 0 Å². The monoisotopic (exact) mass is 231 g/mol. The Labute approximate surface area is 103 Å². The van der Waals surface area contributed by atoms with Crippen molar-refractivity contribution in [1.82, 2.24) is 5.32 Å². The molecule has 2 atom stereocenters. The van der Waals surface area contributed by atoms with Gasteiger partial charge in [0.1, 0.15) is 5.75 Å². The quantitative estimate of drug-likeness (QED) is 0.860. The fraction of sp³-hybridized carbons (Fsp3) is 0.600. The summed E-state index contributed by atoms with van der Waals surface area (Å²) in [5, 5.41) is 3.79. The first-order valence-electron chi connectivity index (χ1n) is 6.71. The third-order valence-electron chi connectivity index (χ3n) is 4.22. The Hall–Kier alpha value is -1.02. The molecular formula is C15H21NO. The van der Waals surface area contributed by atoms with Crippen molar-refractivity contribution in [3.8, 4) is 5.75 Å². The molecule has 1 N–H and O–H groups in total. The van der Waals surface area contributed by atoms with Gasteiger partial charge < -0.3 is 10.1 Å². The largest absolute Gasteiger partial charge is 0.497 e. The van der Waals surface area contributed by atoms with Crippen molar-refractivity contribution >= 4 is 0 Å². The van der Waals surface area contributed by atoms with Crippen LogP contribution in [-0.4, -0.2) is 13.2 Å². The summed E-state index contributed by atoms with van der Waals surface area (Å²) in [6, 6.07) is 7.70. The molecule has 0 spiro atoms. The molecule has 1 aromatic carbocycles. The predicted octanol–water partition coefficient (Wildman–Crippen LogP) is 3.07. The predicted molar refractivity (Wildman–Crippen MR) is 69.4 cm³/mol. The molecule has 1 saturated carbocycles. The highest BCUT2D eigenvalue weighted by molar-refractivity contribution is 5.40. The van der Waals surface area contributed by atoms with Crippen LogP contribution < -0.4 is 10.1 Å². The van der Waals surface area contributed by atoms with Crippen LogP contribution in [0.4, 0.5) is 0 Å². The number of hydrogen-bond acceptors (Lipinski definition) is 2. The molecule has 3 rings (SSSR count). The van der Waals surface area contributed by atoms with Gasteiger partial charge in [-0.05, 0) is 61.8 Å². The van der Waals surface area contributed by atoms with Crippen molar-refractivity contribution in [2.75, 3.05) is 7.11 Å². The van der Waals surface area contributed by atoms with E-state index in [2.05, 4.69) is 30.4 Å². The first-order chi connectivity index (χ1) is 8.28. The van der Waals surface area contributed by atoms with Crippen LogP contribution in [0.2, 0.25) is 0 Å². The van der Waals surface area contributed by atoms with Crippen LogP contribution in [-0.2, 0) is 6.42 Å². The molecule has 0 amide bonds. The standard InChI is InChI=1S/C15H21NO/c1-10(11-3-4-11)16-15-8-6-12-5-7-13(17-2)9-14(12)15/h5,7,9-11,15-16H,3-4,6,8H2,1-2H3. The second-order valence-electron chi connectivity index (χ2n) is 5.45. The zero-order valence-corrected chi connectivity index (χ0v) is 10.7. The molecule has 1 aromatic rings. The van der Waals surface area contributed by atoms with E-state index in [0.29, 0.717) is 12.1 Å². The van der Waals surface area contributed by atoms with Crippen LogP contribution in [0.1, 0.15) is 43.4 Å². The second kappa shape index (κ2) is 4.34. The Balaban J connectivity index is 1.76. The highest BCUT2D eigenvalue weighted by atomic mass is 16.5. The van der Waals surface area contributed by atoms with E-state index in [1.54, 1.807) is 7.11 Å². The van der Waals surface area contributed by atoms with Crippen LogP contribution in [0, 0.1) is 5.92 Å². The Bertz CT molecular complexity index is 411. The maximum Gasteiger partial charge on any atom is 0.119 e. The lowest BCUT2D eigenvalue weighted by Crippen LogP contribution is -2.30. The van der Waals surface area contributed by atoms with Crippen molar-refractivity contribution in [2.45, 2.75) is 44.7 Å². The van der Waals surface area contributed by atoms with Crippen LogP contribution in [0.15, 0.2) is 18.2 Å². The summed E-state index contributed by atoms with van der Waals surface area (Å²) in [6.45, 7) is 2.33. The van der Waals surface area contributed by atoms with E-state index in [4.69, 9.17) is 4.74 Å². The molecule has 1 fully saturated rings. The summed E-state index contributed by atoms with van der Waals surface area (Å²) in [4.78, 5) is 0. The molecule has 0 aromatic heterocycles. The Morgan fingerprint density at radius 3 is 2.82 bits per heavy atom. The lowest BCUT2D eigenvalue weighted by molar-refractivity contribution is 0.407. The highest BCUT2D eigenvalue weighted by Crippen LogP contribution is 2.37. The maximum absolute atomic E-state index is 5.32. The zero-order valence-electron chi connectivity index (χ0n) is 10.7. The lowest BCUT2D eigenvalue weighted by atomic mass is 10.1. The summed E-state index contributed by atoms with van der Waals surface area (Å²) in [6.07, 6.45) is 5.26. The molecule has 2 unspecified atom stereocenters. The van der Waals surface area contributed by atoms with E-state index >= 15 is 0 Å². The van der Waals surface area contributed by atoms with Crippen LogP contribution >= 0.6 is 0 Å². The molecule has 2 aliphatic rings. The van der Waals surface area contributed by atoms with Crippen LogP contribution in [0.3, 0.4) is 0 Å². The minimum Gasteiger partial charge on any atom is -0.497 e. The van der Waals surface area contributed by atoms with E-state index in [-0.39, 0.29) is 0 Å². The van der Waals surface area contributed by atoms with Crippen LogP contribution in [0.25, 0.3) is 0 Å². The van der Waals surface area contributed by atoms with E-state index in [1.165, 1.54) is 36.8 Å². The Morgan fingerprint density at radius 1 is 1.29 bits per heavy atom. The maximum atomic E-state index is 5.32. The zero-order chi connectivity index (χ0) is 11.8. The van der Waals surface area contributed by atoms with Gasteiger partial charge in [-0.15, -0.1) is 0 Å². The van der Waals surface area contributed by atoms with Crippen LogP contribution in [0.5, 0.6) is 5.75 Å². The van der Waals surface area contributed by atoms with Gasteiger partial charge >= 0.3 is 0 Å². The lowest BCUT2D eigenvalue weighted by Gasteiger charge is -2.20. The van der Waals surface area contributed by atoms with Crippen molar-refractivity contribution in [3.05, 3.63) is 29.3 Å². The van der Waals surface area contributed by atoms with Gasteiger partial charge in [0, 0.05) is 12.1 Å². The first-order valence-corrected chi connectivity index (χ1v) is 6.71. The van der Waals surface area contributed by atoms with Crippen molar-refractivity contribution in [1.29, 1.82) is 0 Å². The van der Waals surface area contributed by atoms with E-state index in [1.807, 2.05) is 0 Å². The van der Waals surface area contributed by atoms with Crippen molar-refractivity contribution in [2.24, 2.45) is 5.92 Å². The molecule has 17 heavy (non-hydrogen) atoms. The molecule has 0 saturated heterocycles. The summed E-state index contributed by atoms with van der Waals surface area (Å²) in [7, 11) is 1.74. The molecular weight excluding hydrogens is 210 g/mol. The molecule has 0 radical (unpaired) electrons. The molecule has 92 valence electrons. The van der Waals surface area contributed by atoms with E-state index < -0.39 is 0 Å². The van der Waals surface area contributed by atoms with Crippen molar-refractivity contribution < 1.29 is 4.74 Å². The fourth-order valence-corrected chi connectivity index (χ4v) is 2.93. The SMILES string of the molecule is COc1ccc2c(c1)C(NC(C)C1CC1)CC2. The summed E-state index contributed by atoms with van der Waals surface area (Å²) >= 11 is 0. The van der Waals surface area contributed by atoms with Gasteiger partial charge in [-0.3, -0.25) is 0 Å². The second-order valence-corrected chi connectivity index (χ2v) is 5.45. The smallest absolute Gasteiger partial charge is 0.119 e. The van der Waals surface area contributed by atoms with Gasteiger partial charge in [0.05, 0.1) is 7.11 Å². The third-order valence-corrected chi connectivity index (χ3v) is 4.22. The van der Waals surface area contributed by atoms with Gasteiger partial charge in [0.15, 0.2) is 0 Å². The number of rotatable bonds is 4. The Morgan fingerprint density at radius 2 is 2.12 bits per heavy atom. The number of methoxy groups -OCH3 is 1. The molecule has 0 bridgehead atoms. The van der Waals surface area contributed by atoms with Gasteiger partial charge in [0.25, 0.3) is 0 Å². The fourth-order valence-electron chi connectivity index (χ4n) is 2.93. The van der Waals surface area contributed by atoms with Crippen molar-refractivity contribution in [3.63, 3.8) is 0 Å². The normalized spacial score (nSPS) is 24.5. The number of nitrogens with one attached hydrogen (secondary N) is 1. The van der Waals surface area contributed by atoms with Gasteiger partial charge in [-0.25, -0.2) is 0 Å². The number of benzene rings is 1. The van der Waals surface area contributed by atoms with Gasteiger partial charge in [-0.1, -0.05) is 6.07 Å². The summed E-state index contributed by atoms with van der Waals surface area (Å²) < 4.78 is 5.32. The number of hydrogen-bond donors (Lipinski definition) is 1. The highest BCUT2D eigenvalue weighted by Gasteiger charge is 2.31. The summed E-state index contributed by atoms with van der Waals surface area (Å²) in [5.74, 6) is 1.90. The minimum absolute atomic E-state index is 0.538. The topological polar surface area (TPSA) is 21.3 Å². The van der Waals surface area contributed by atoms with E-state index in [9.17, 15) is 0 Å². The number of aryl methyl sites for hydroxylation is 1. The summed E-state index contributed by atoms with van der Waals surface area (Å²) in [5.41, 5.74) is 2.95. The minimum atomic E-state index is 0.538. The molecule has 2 nitrogen and oxygen atoms in total. The Kier molecular flexibility index (Phi) is 2.83. The third kappa shape index (κ3) is 2.19. The molecule has 0 heterocycles. The molecule has 0 aliphatic heterocycles. The first kappa shape index (κ1) is 11.1. The van der Waals surface area contributed by atoms with E-state index in [0.717, 1.165) is 11.7 Å². The number of fused-ring (bicyclic) bond motifs is 1. The average molecular weight is 231 g/mol.